The van der Waals surface area contributed by atoms with E-state index in [0.717, 1.165) is 0 Å². The van der Waals surface area contributed by atoms with Crippen LogP contribution < -0.4 is 0 Å². The summed E-state index contributed by atoms with van der Waals surface area (Å²) in [4.78, 5) is 0. The molecule has 0 bridgehead atoms. The molecule has 1 aromatic carbocycles. The Morgan fingerprint density at radius 3 is 2.40 bits per heavy atom. The predicted molar refractivity (Wildman–Crippen MR) is 56.8 cm³/mol. The Labute approximate surface area is 88.9 Å². The lowest BCUT2D eigenvalue weighted by Gasteiger charge is -2.27. The molecule has 0 fully saturated rings. The van der Waals surface area contributed by atoms with Gasteiger partial charge in [-0.3, -0.25) is 0 Å². The number of hydrogen-bond acceptors (Lipinski definition) is 3. The van der Waals surface area contributed by atoms with Gasteiger partial charge in [-0.15, -0.1) is 6.58 Å². The summed E-state index contributed by atoms with van der Waals surface area (Å²) >= 11 is 0. The molecule has 1 unspecified atom stereocenters. The summed E-state index contributed by atoms with van der Waals surface area (Å²) in [7, 11) is 0. The van der Waals surface area contributed by atoms with Crippen LogP contribution in [0.15, 0.2) is 43.0 Å². The van der Waals surface area contributed by atoms with Crippen molar-refractivity contribution in [3.63, 3.8) is 0 Å². The van der Waals surface area contributed by atoms with Gasteiger partial charge in [-0.05, 0) is 12.0 Å². The molecule has 0 spiro atoms. The molecular weight excluding hydrogens is 190 g/mol. The molecule has 0 aromatic heterocycles. The molecule has 15 heavy (non-hydrogen) atoms. The van der Waals surface area contributed by atoms with E-state index in [9.17, 15) is 10.2 Å². The van der Waals surface area contributed by atoms with Crippen LogP contribution in [0.1, 0.15) is 12.0 Å². The van der Waals surface area contributed by atoms with Crippen LogP contribution in [0.2, 0.25) is 0 Å². The standard InChI is InChI=1S/C12H13NO2/c1-2-8-12(9-13,11(14)15)10-6-4-3-5-7-10/h2-7,11,14-15H,1,8H2. The van der Waals surface area contributed by atoms with Crippen molar-refractivity contribution < 1.29 is 10.2 Å². The van der Waals surface area contributed by atoms with Crippen LogP contribution in [0, 0.1) is 11.3 Å². The lowest BCUT2D eigenvalue weighted by Crippen LogP contribution is -2.37. The van der Waals surface area contributed by atoms with Crippen molar-refractivity contribution in [3.8, 4) is 6.07 Å². The van der Waals surface area contributed by atoms with Gasteiger partial charge in [-0.2, -0.15) is 5.26 Å². The number of nitrogens with zero attached hydrogens (tertiary/aromatic N) is 1. The maximum atomic E-state index is 9.33. The number of hydrogen-bond donors (Lipinski definition) is 2. The molecule has 1 aromatic rings. The molecule has 0 aliphatic rings. The zero-order chi connectivity index (χ0) is 11.3. The van der Waals surface area contributed by atoms with Gasteiger partial charge in [0.25, 0.3) is 0 Å². The van der Waals surface area contributed by atoms with Gasteiger partial charge in [0.2, 0.25) is 0 Å². The van der Waals surface area contributed by atoms with Crippen LogP contribution in [0.4, 0.5) is 0 Å². The van der Waals surface area contributed by atoms with Crippen molar-refractivity contribution in [2.24, 2.45) is 0 Å². The highest BCUT2D eigenvalue weighted by Crippen LogP contribution is 2.30. The van der Waals surface area contributed by atoms with Crippen molar-refractivity contribution in [1.29, 1.82) is 5.26 Å². The summed E-state index contributed by atoms with van der Waals surface area (Å²) in [6, 6.07) is 10.7. The lowest BCUT2D eigenvalue weighted by atomic mass is 9.78. The second-order valence-electron chi connectivity index (χ2n) is 3.32. The maximum absolute atomic E-state index is 9.33. The van der Waals surface area contributed by atoms with Gasteiger partial charge < -0.3 is 10.2 Å². The molecule has 0 saturated carbocycles. The van der Waals surface area contributed by atoms with E-state index >= 15 is 0 Å². The molecule has 0 aliphatic carbocycles. The number of aliphatic hydroxyl groups is 2. The third-order valence-electron chi connectivity index (χ3n) is 2.40. The number of allylic oxidation sites excluding steroid dienone is 1. The fourth-order valence-corrected chi connectivity index (χ4v) is 1.50. The monoisotopic (exact) mass is 203 g/mol. The first-order valence-electron chi connectivity index (χ1n) is 4.61. The van der Waals surface area contributed by atoms with Crippen LogP contribution in [0.5, 0.6) is 0 Å². The van der Waals surface area contributed by atoms with Crippen molar-refractivity contribution >= 4 is 0 Å². The molecule has 0 saturated heterocycles. The van der Waals surface area contributed by atoms with Crippen molar-refractivity contribution in [3.05, 3.63) is 48.6 Å². The van der Waals surface area contributed by atoms with Crippen LogP contribution in [-0.4, -0.2) is 16.5 Å². The van der Waals surface area contributed by atoms with Gasteiger partial charge in [0.05, 0.1) is 6.07 Å². The van der Waals surface area contributed by atoms with Gasteiger partial charge in [0.15, 0.2) is 6.29 Å². The summed E-state index contributed by atoms with van der Waals surface area (Å²) in [6.45, 7) is 3.53. The summed E-state index contributed by atoms with van der Waals surface area (Å²) in [5.41, 5.74) is -0.731. The smallest absolute Gasteiger partial charge is 0.174 e. The Balaban J connectivity index is 3.23. The molecule has 2 N–H and O–H groups in total. The number of benzene rings is 1. The Kier molecular flexibility index (Phi) is 3.62. The number of rotatable bonds is 4. The van der Waals surface area contributed by atoms with Crippen molar-refractivity contribution in [1.82, 2.24) is 0 Å². The average molecular weight is 203 g/mol. The van der Waals surface area contributed by atoms with E-state index < -0.39 is 11.7 Å². The minimum Gasteiger partial charge on any atom is -0.366 e. The summed E-state index contributed by atoms with van der Waals surface area (Å²) < 4.78 is 0. The normalized spacial score (nSPS) is 14.3. The first-order valence-corrected chi connectivity index (χ1v) is 4.61. The first-order chi connectivity index (χ1) is 7.17. The van der Waals surface area contributed by atoms with E-state index in [1.165, 1.54) is 6.08 Å². The van der Waals surface area contributed by atoms with Crippen LogP contribution in [-0.2, 0) is 5.41 Å². The zero-order valence-electron chi connectivity index (χ0n) is 8.30. The molecule has 78 valence electrons. The molecule has 0 aliphatic heterocycles. The number of nitriles is 1. The molecule has 0 amide bonds. The highest BCUT2D eigenvalue weighted by Gasteiger charge is 2.38. The number of aliphatic hydroxyl groups excluding tert-OH is 1. The molecule has 1 rings (SSSR count). The molecule has 1 atom stereocenters. The fourth-order valence-electron chi connectivity index (χ4n) is 1.50. The Morgan fingerprint density at radius 1 is 1.40 bits per heavy atom. The predicted octanol–water partition coefficient (Wildman–Crippen LogP) is 1.33. The fraction of sp³-hybridized carbons (Fsp3) is 0.250. The van der Waals surface area contributed by atoms with E-state index in [1.807, 2.05) is 12.1 Å². The quantitative estimate of drug-likeness (QED) is 0.573. The lowest BCUT2D eigenvalue weighted by molar-refractivity contribution is -0.0818. The molecule has 3 heteroatoms. The molecule has 0 heterocycles. The maximum Gasteiger partial charge on any atom is 0.174 e. The average Bonchev–Trinajstić information content (AvgIpc) is 2.26. The van der Waals surface area contributed by atoms with Crippen LogP contribution in [0.3, 0.4) is 0 Å². The second kappa shape index (κ2) is 4.74. The third kappa shape index (κ3) is 2.07. The summed E-state index contributed by atoms with van der Waals surface area (Å²) in [6.07, 6.45) is -0.0104. The van der Waals surface area contributed by atoms with E-state index in [2.05, 4.69) is 6.58 Å². The Bertz CT molecular complexity index is 367. The summed E-state index contributed by atoms with van der Waals surface area (Å²) in [5.74, 6) is 0. The van der Waals surface area contributed by atoms with Gasteiger partial charge in [-0.1, -0.05) is 36.4 Å². The molecular formula is C12H13NO2. The zero-order valence-corrected chi connectivity index (χ0v) is 8.30. The van der Waals surface area contributed by atoms with E-state index in [1.54, 1.807) is 24.3 Å². The van der Waals surface area contributed by atoms with Crippen molar-refractivity contribution in [2.75, 3.05) is 0 Å². The third-order valence-corrected chi connectivity index (χ3v) is 2.40. The first kappa shape index (κ1) is 11.4. The minimum absolute atomic E-state index is 0.200. The van der Waals surface area contributed by atoms with Gasteiger partial charge in [0, 0.05) is 0 Å². The highest BCUT2D eigenvalue weighted by atomic mass is 16.5. The van der Waals surface area contributed by atoms with Crippen molar-refractivity contribution in [2.45, 2.75) is 18.1 Å². The van der Waals surface area contributed by atoms with Gasteiger partial charge in [0.1, 0.15) is 5.41 Å². The Morgan fingerprint density at radius 2 is 2.00 bits per heavy atom. The van der Waals surface area contributed by atoms with Crippen LogP contribution in [0.25, 0.3) is 0 Å². The second-order valence-corrected chi connectivity index (χ2v) is 3.32. The SMILES string of the molecule is C=CCC(C#N)(c1ccccc1)C(O)O. The van der Waals surface area contributed by atoms with E-state index in [0.29, 0.717) is 5.56 Å². The van der Waals surface area contributed by atoms with Crippen LogP contribution >= 0.6 is 0 Å². The topological polar surface area (TPSA) is 64.2 Å². The molecule has 3 nitrogen and oxygen atoms in total. The van der Waals surface area contributed by atoms with Gasteiger partial charge >= 0.3 is 0 Å². The Hall–Kier alpha value is -1.63. The van der Waals surface area contributed by atoms with E-state index in [-0.39, 0.29) is 6.42 Å². The van der Waals surface area contributed by atoms with E-state index in [4.69, 9.17) is 5.26 Å². The molecule has 0 radical (unpaired) electrons. The largest absolute Gasteiger partial charge is 0.366 e. The van der Waals surface area contributed by atoms with Gasteiger partial charge in [-0.25, -0.2) is 0 Å². The highest BCUT2D eigenvalue weighted by molar-refractivity contribution is 5.34. The minimum atomic E-state index is -1.72. The summed E-state index contributed by atoms with van der Waals surface area (Å²) in [5, 5.41) is 27.8.